The standard InChI is InChI=1S/C18H13ClN2O6/c1-2-27-18(24)13-9-20(10-3-5-11(22)6-4-10)15-8-14(19)16(21(25)26)7-12(15)17(13)23/h3-9,22H,2H2,1H3. The number of carbonyl (C=O) groups is 1. The number of phenolic OH excluding ortho intramolecular Hbond substituents is 1. The molecule has 3 rings (SSSR count). The maximum atomic E-state index is 12.7. The van der Waals surface area contributed by atoms with Crippen molar-refractivity contribution in [3.8, 4) is 11.4 Å². The van der Waals surface area contributed by atoms with Crippen molar-refractivity contribution in [3.63, 3.8) is 0 Å². The quantitative estimate of drug-likeness (QED) is 0.416. The van der Waals surface area contributed by atoms with Crippen LogP contribution in [-0.4, -0.2) is 27.2 Å². The lowest BCUT2D eigenvalue weighted by molar-refractivity contribution is -0.384. The zero-order chi connectivity index (χ0) is 19.7. The number of benzene rings is 2. The lowest BCUT2D eigenvalue weighted by Crippen LogP contribution is -2.20. The second-order valence-electron chi connectivity index (χ2n) is 5.56. The Morgan fingerprint density at radius 3 is 2.56 bits per heavy atom. The molecule has 0 aliphatic carbocycles. The smallest absolute Gasteiger partial charge is 0.343 e. The number of ether oxygens (including phenoxy) is 1. The fourth-order valence-electron chi connectivity index (χ4n) is 2.66. The molecule has 9 heteroatoms. The van der Waals surface area contributed by atoms with E-state index in [1.165, 1.54) is 29.0 Å². The number of halogens is 1. The van der Waals surface area contributed by atoms with E-state index in [9.17, 15) is 24.8 Å². The Hall–Kier alpha value is -3.39. The predicted molar refractivity (Wildman–Crippen MR) is 98.8 cm³/mol. The molecule has 0 unspecified atom stereocenters. The number of phenols is 1. The van der Waals surface area contributed by atoms with Crippen LogP contribution >= 0.6 is 11.6 Å². The van der Waals surface area contributed by atoms with E-state index in [0.29, 0.717) is 5.69 Å². The number of aromatic nitrogens is 1. The summed E-state index contributed by atoms with van der Waals surface area (Å²) in [7, 11) is 0. The number of nitrogens with zero attached hydrogens (tertiary/aromatic N) is 2. The first-order chi connectivity index (χ1) is 12.8. The molecule has 0 saturated carbocycles. The van der Waals surface area contributed by atoms with Crippen LogP contribution in [0.25, 0.3) is 16.6 Å². The summed E-state index contributed by atoms with van der Waals surface area (Å²) in [6, 6.07) is 8.30. The molecule has 0 spiro atoms. The third kappa shape index (κ3) is 3.34. The van der Waals surface area contributed by atoms with E-state index in [1.54, 1.807) is 19.1 Å². The number of hydrogen-bond donors (Lipinski definition) is 1. The molecule has 0 fully saturated rings. The van der Waals surface area contributed by atoms with Crippen LogP contribution < -0.4 is 5.43 Å². The van der Waals surface area contributed by atoms with Gasteiger partial charge in [-0.15, -0.1) is 0 Å². The first-order valence-corrected chi connectivity index (χ1v) is 8.21. The summed E-state index contributed by atoms with van der Waals surface area (Å²) in [5.41, 5.74) is -0.630. The Morgan fingerprint density at radius 2 is 1.96 bits per heavy atom. The van der Waals surface area contributed by atoms with Crippen LogP contribution in [0.15, 0.2) is 47.4 Å². The number of nitro benzene ring substituents is 1. The van der Waals surface area contributed by atoms with Crippen molar-refractivity contribution in [1.82, 2.24) is 4.57 Å². The fourth-order valence-corrected chi connectivity index (χ4v) is 2.88. The van der Waals surface area contributed by atoms with E-state index in [0.717, 1.165) is 6.07 Å². The van der Waals surface area contributed by atoms with Gasteiger partial charge in [0, 0.05) is 18.0 Å². The van der Waals surface area contributed by atoms with Gasteiger partial charge in [0.25, 0.3) is 5.69 Å². The number of esters is 1. The Bertz CT molecular complexity index is 1120. The van der Waals surface area contributed by atoms with Gasteiger partial charge in [0.05, 0.1) is 22.4 Å². The molecule has 3 aromatic rings. The number of pyridine rings is 1. The van der Waals surface area contributed by atoms with Crippen molar-refractivity contribution in [2.75, 3.05) is 6.61 Å². The summed E-state index contributed by atoms with van der Waals surface area (Å²) < 4.78 is 6.40. The molecule has 1 N–H and O–H groups in total. The number of carbonyl (C=O) groups excluding carboxylic acids is 1. The van der Waals surface area contributed by atoms with E-state index in [1.807, 2.05) is 0 Å². The SMILES string of the molecule is CCOC(=O)c1cn(-c2ccc(O)cc2)c2cc(Cl)c([N+](=O)[O-])cc2c1=O. The van der Waals surface area contributed by atoms with Crippen molar-refractivity contribution in [2.24, 2.45) is 0 Å². The third-order valence-electron chi connectivity index (χ3n) is 3.89. The van der Waals surface area contributed by atoms with Crippen LogP contribution in [0.5, 0.6) is 5.75 Å². The molecule has 27 heavy (non-hydrogen) atoms. The molecule has 1 aromatic heterocycles. The van der Waals surface area contributed by atoms with Crippen LogP contribution in [0.2, 0.25) is 5.02 Å². The van der Waals surface area contributed by atoms with E-state index < -0.39 is 22.0 Å². The van der Waals surface area contributed by atoms with E-state index >= 15 is 0 Å². The van der Waals surface area contributed by atoms with E-state index in [4.69, 9.17) is 16.3 Å². The van der Waals surface area contributed by atoms with Crippen molar-refractivity contribution in [2.45, 2.75) is 6.92 Å². The Labute approximate surface area is 157 Å². The van der Waals surface area contributed by atoms with E-state index in [2.05, 4.69) is 0 Å². The second kappa shape index (κ2) is 7.08. The monoisotopic (exact) mass is 388 g/mol. The first-order valence-electron chi connectivity index (χ1n) is 7.83. The summed E-state index contributed by atoms with van der Waals surface area (Å²) in [5.74, 6) is -0.807. The third-order valence-corrected chi connectivity index (χ3v) is 4.19. The maximum absolute atomic E-state index is 12.7. The molecule has 0 amide bonds. The van der Waals surface area contributed by atoms with Crippen molar-refractivity contribution in [3.05, 3.63) is 73.5 Å². The molecule has 138 valence electrons. The average molecular weight is 389 g/mol. The number of aromatic hydroxyl groups is 1. The summed E-state index contributed by atoms with van der Waals surface area (Å²) in [6.45, 7) is 1.67. The normalized spacial score (nSPS) is 10.7. The van der Waals surface area contributed by atoms with Gasteiger partial charge in [0.1, 0.15) is 16.3 Å². The van der Waals surface area contributed by atoms with Gasteiger partial charge in [-0.1, -0.05) is 11.6 Å². The first kappa shape index (κ1) is 18.4. The maximum Gasteiger partial charge on any atom is 0.343 e. The van der Waals surface area contributed by atoms with Crippen molar-refractivity contribution < 1.29 is 19.6 Å². The van der Waals surface area contributed by atoms with Crippen molar-refractivity contribution >= 4 is 34.2 Å². The number of fused-ring (bicyclic) bond motifs is 1. The topological polar surface area (TPSA) is 112 Å². The molecule has 1 heterocycles. The van der Waals surface area contributed by atoms with Gasteiger partial charge in [-0.05, 0) is 37.3 Å². The Balaban J connectivity index is 2.42. The van der Waals surface area contributed by atoms with Gasteiger partial charge in [0.15, 0.2) is 0 Å². The molecule has 2 aromatic carbocycles. The minimum atomic E-state index is -0.838. The predicted octanol–water partition coefficient (Wildman–Crippen LogP) is 3.43. The van der Waals surface area contributed by atoms with Crippen LogP contribution in [-0.2, 0) is 4.74 Å². The molecular formula is C18H13ClN2O6. The zero-order valence-corrected chi connectivity index (χ0v) is 14.8. The highest BCUT2D eigenvalue weighted by Crippen LogP contribution is 2.30. The molecule has 8 nitrogen and oxygen atoms in total. The average Bonchev–Trinajstić information content (AvgIpc) is 2.62. The fraction of sp³-hybridized carbons (Fsp3) is 0.111. The summed E-state index contributed by atoms with van der Waals surface area (Å²) in [4.78, 5) is 35.4. The molecule has 0 atom stereocenters. The van der Waals surface area contributed by atoms with Gasteiger partial charge in [-0.3, -0.25) is 14.9 Å². The number of nitro groups is 1. The van der Waals surface area contributed by atoms with Gasteiger partial charge >= 0.3 is 5.97 Å². The molecule has 0 radical (unpaired) electrons. The minimum absolute atomic E-state index is 0.0309. The second-order valence-corrected chi connectivity index (χ2v) is 5.96. The minimum Gasteiger partial charge on any atom is -0.508 e. The van der Waals surface area contributed by atoms with Crippen LogP contribution in [0.4, 0.5) is 5.69 Å². The molecule has 0 saturated heterocycles. The lowest BCUT2D eigenvalue weighted by atomic mass is 10.1. The van der Waals surface area contributed by atoms with Gasteiger partial charge in [-0.25, -0.2) is 4.79 Å². The van der Waals surface area contributed by atoms with Gasteiger partial charge < -0.3 is 14.4 Å². The summed E-state index contributed by atoms with van der Waals surface area (Å²) in [6.07, 6.45) is 1.29. The van der Waals surface area contributed by atoms with Crippen molar-refractivity contribution in [1.29, 1.82) is 0 Å². The van der Waals surface area contributed by atoms with Crippen LogP contribution in [0, 0.1) is 10.1 Å². The molecule has 0 aliphatic heterocycles. The van der Waals surface area contributed by atoms with Gasteiger partial charge in [-0.2, -0.15) is 0 Å². The molecule has 0 aliphatic rings. The molecule has 0 bridgehead atoms. The van der Waals surface area contributed by atoms with Crippen LogP contribution in [0.1, 0.15) is 17.3 Å². The Kier molecular flexibility index (Phi) is 4.83. The highest BCUT2D eigenvalue weighted by molar-refractivity contribution is 6.33. The van der Waals surface area contributed by atoms with Gasteiger partial charge in [0.2, 0.25) is 5.43 Å². The zero-order valence-electron chi connectivity index (χ0n) is 14.0. The molecular weight excluding hydrogens is 376 g/mol. The number of rotatable bonds is 4. The summed E-state index contributed by atoms with van der Waals surface area (Å²) in [5, 5.41) is 20.5. The number of hydrogen-bond acceptors (Lipinski definition) is 6. The van der Waals surface area contributed by atoms with E-state index in [-0.39, 0.29) is 33.8 Å². The highest BCUT2D eigenvalue weighted by Gasteiger charge is 2.22. The van der Waals surface area contributed by atoms with Crippen LogP contribution in [0.3, 0.4) is 0 Å². The lowest BCUT2D eigenvalue weighted by Gasteiger charge is -2.14. The largest absolute Gasteiger partial charge is 0.508 e. The summed E-state index contributed by atoms with van der Waals surface area (Å²) >= 11 is 6.00. The Morgan fingerprint density at radius 1 is 1.30 bits per heavy atom. The highest BCUT2D eigenvalue weighted by atomic mass is 35.5.